The van der Waals surface area contributed by atoms with Gasteiger partial charge in [0.15, 0.2) is 0 Å². The minimum absolute atomic E-state index is 0.0798. The molecule has 0 aliphatic heterocycles. The molecule has 0 bridgehead atoms. The number of benzene rings is 1. The number of rotatable bonds is 7. The second-order valence-corrected chi connectivity index (χ2v) is 6.56. The molecule has 0 radical (unpaired) electrons. The standard InChI is InChI=1S/C18H17FN2O4S/c1-11-16(12(2)25-21-11)8-24-18(22)7-14-10-26-17(20-14)9-23-15-5-3-13(19)4-6-15/h3-6,10H,7-9H2,1-2H3. The Balaban J connectivity index is 1.48. The zero-order valence-electron chi connectivity index (χ0n) is 14.3. The minimum atomic E-state index is -0.374. The zero-order valence-corrected chi connectivity index (χ0v) is 15.1. The van der Waals surface area contributed by atoms with Gasteiger partial charge in [0.1, 0.15) is 35.5 Å². The molecule has 8 heteroatoms. The average Bonchev–Trinajstić information content (AvgIpc) is 3.19. The SMILES string of the molecule is Cc1noc(C)c1COC(=O)Cc1csc(COc2ccc(F)cc2)n1. The molecular weight excluding hydrogens is 359 g/mol. The summed E-state index contributed by atoms with van der Waals surface area (Å²) in [6, 6.07) is 5.76. The maximum atomic E-state index is 12.9. The molecule has 1 aromatic carbocycles. The predicted molar refractivity (Wildman–Crippen MR) is 92.3 cm³/mol. The molecule has 0 amide bonds. The summed E-state index contributed by atoms with van der Waals surface area (Å²) in [6.07, 6.45) is 0.0798. The van der Waals surface area contributed by atoms with Crippen molar-refractivity contribution in [2.24, 2.45) is 0 Å². The van der Waals surface area contributed by atoms with Crippen LogP contribution in [-0.2, 0) is 29.2 Å². The summed E-state index contributed by atoms with van der Waals surface area (Å²) in [7, 11) is 0. The van der Waals surface area contributed by atoms with Gasteiger partial charge in [0.2, 0.25) is 0 Å². The largest absolute Gasteiger partial charge is 0.486 e. The molecule has 0 atom stereocenters. The van der Waals surface area contributed by atoms with E-state index in [1.165, 1.54) is 23.5 Å². The fourth-order valence-electron chi connectivity index (χ4n) is 2.23. The van der Waals surface area contributed by atoms with Crippen molar-refractivity contribution in [2.45, 2.75) is 33.5 Å². The lowest BCUT2D eigenvalue weighted by atomic mass is 10.2. The van der Waals surface area contributed by atoms with E-state index in [-0.39, 0.29) is 31.4 Å². The minimum Gasteiger partial charge on any atom is -0.486 e. The first-order valence-corrected chi connectivity index (χ1v) is 8.78. The second kappa shape index (κ2) is 8.09. The first-order chi connectivity index (χ1) is 12.5. The number of carbonyl (C=O) groups is 1. The van der Waals surface area contributed by atoms with Gasteiger partial charge in [-0.1, -0.05) is 5.16 Å². The van der Waals surface area contributed by atoms with E-state index >= 15 is 0 Å². The van der Waals surface area contributed by atoms with Crippen molar-refractivity contribution in [3.8, 4) is 5.75 Å². The molecule has 0 aliphatic carbocycles. The molecule has 2 aromatic heterocycles. The topological polar surface area (TPSA) is 74.5 Å². The molecule has 0 N–H and O–H groups in total. The van der Waals surface area contributed by atoms with Crippen LogP contribution in [-0.4, -0.2) is 16.1 Å². The zero-order chi connectivity index (χ0) is 18.5. The van der Waals surface area contributed by atoms with E-state index in [0.29, 0.717) is 22.9 Å². The highest BCUT2D eigenvalue weighted by atomic mass is 32.1. The van der Waals surface area contributed by atoms with Crippen molar-refractivity contribution < 1.29 is 23.2 Å². The van der Waals surface area contributed by atoms with Crippen LogP contribution in [0.1, 0.15) is 27.7 Å². The highest BCUT2D eigenvalue weighted by molar-refractivity contribution is 7.09. The Morgan fingerprint density at radius 2 is 2.00 bits per heavy atom. The Bertz CT molecular complexity index is 869. The molecule has 0 saturated carbocycles. The average molecular weight is 376 g/mol. The maximum Gasteiger partial charge on any atom is 0.312 e. The smallest absolute Gasteiger partial charge is 0.312 e. The Morgan fingerprint density at radius 3 is 2.69 bits per heavy atom. The molecule has 3 aromatic rings. The highest BCUT2D eigenvalue weighted by Gasteiger charge is 2.13. The fourth-order valence-corrected chi connectivity index (χ4v) is 2.94. The number of hydrogen-bond donors (Lipinski definition) is 0. The van der Waals surface area contributed by atoms with E-state index in [1.807, 2.05) is 0 Å². The number of thiazole rings is 1. The van der Waals surface area contributed by atoms with Gasteiger partial charge >= 0.3 is 5.97 Å². The number of hydrogen-bond acceptors (Lipinski definition) is 7. The van der Waals surface area contributed by atoms with Gasteiger partial charge in [0, 0.05) is 5.38 Å². The summed E-state index contributed by atoms with van der Waals surface area (Å²) >= 11 is 1.39. The first-order valence-electron chi connectivity index (χ1n) is 7.90. The van der Waals surface area contributed by atoms with E-state index in [4.69, 9.17) is 14.0 Å². The summed E-state index contributed by atoms with van der Waals surface area (Å²) in [5.74, 6) is 0.511. The van der Waals surface area contributed by atoms with E-state index in [2.05, 4.69) is 10.1 Å². The molecular formula is C18H17FN2O4S. The van der Waals surface area contributed by atoms with E-state index in [1.54, 1.807) is 31.4 Å². The van der Waals surface area contributed by atoms with E-state index in [0.717, 1.165) is 10.6 Å². The van der Waals surface area contributed by atoms with Crippen LogP contribution in [0.15, 0.2) is 34.2 Å². The molecule has 0 spiro atoms. The van der Waals surface area contributed by atoms with Crippen LogP contribution in [0.5, 0.6) is 5.75 Å². The van der Waals surface area contributed by atoms with Gasteiger partial charge in [0.05, 0.1) is 23.4 Å². The van der Waals surface area contributed by atoms with Gasteiger partial charge in [-0.05, 0) is 38.1 Å². The number of halogens is 1. The third-order valence-electron chi connectivity index (χ3n) is 3.66. The van der Waals surface area contributed by atoms with Crippen LogP contribution in [0.4, 0.5) is 4.39 Å². The van der Waals surface area contributed by atoms with Crippen LogP contribution in [0, 0.1) is 19.7 Å². The maximum absolute atomic E-state index is 12.9. The summed E-state index contributed by atoms with van der Waals surface area (Å²) in [6.45, 7) is 3.96. The van der Waals surface area contributed by atoms with E-state index in [9.17, 15) is 9.18 Å². The van der Waals surface area contributed by atoms with Crippen molar-refractivity contribution >= 4 is 17.3 Å². The molecule has 136 valence electrons. The van der Waals surface area contributed by atoms with Crippen molar-refractivity contribution in [1.29, 1.82) is 0 Å². The van der Waals surface area contributed by atoms with Crippen molar-refractivity contribution in [2.75, 3.05) is 0 Å². The van der Waals surface area contributed by atoms with Gasteiger partial charge in [-0.25, -0.2) is 9.37 Å². The van der Waals surface area contributed by atoms with Gasteiger partial charge in [-0.3, -0.25) is 4.79 Å². The van der Waals surface area contributed by atoms with Crippen molar-refractivity contribution in [3.05, 3.63) is 63.2 Å². The second-order valence-electron chi connectivity index (χ2n) is 5.62. The third-order valence-corrected chi connectivity index (χ3v) is 4.53. The van der Waals surface area contributed by atoms with Crippen molar-refractivity contribution in [3.63, 3.8) is 0 Å². The summed E-state index contributed by atoms with van der Waals surface area (Å²) in [4.78, 5) is 16.3. The lowest BCUT2D eigenvalue weighted by Crippen LogP contribution is -2.09. The third kappa shape index (κ3) is 4.66. The highest BCUT2D eigenvalue weighted by Crippen LogP contribution is 2.17. The van der Waals surface area contributed by atoms with Crippen LogP contribution >= 0.6 is 11.3 Å². The molecule has 2 heterocycles. The molecule has 0 saturated heterocycles. The molecule has 6 nitrogen and oxygen atoms in total. The monoisotopic (exact) mass is 376 g/mol. The number of carbonyl (C=O) groups excluding carboxylic acids is 1. The number of esters is 1. The lowest BCUT2D eigenvalue weighted by molar-refractivity contribution is -0.144. The molecule has 26 heavy (non-hydrogen) atoms. The number of aromatic nitrogens is 2. The predicted octanol–water partition coefficient (Wildman–Crippen LogP) is 3.75. The Kier molecular flexibility index (Phi) is 5.62. The van der Waals surface area contributed by atoms with Crippen molar-refractivity contribution in [1.82, 2.24) is 10.1 Å². The lowest BCUT2D eigenvalue weighted by Gasteiger charge is -2.04. The normalized spacial score (nSPS) is 10.7. The molecule has 0 unspecified atom stereocenters. The number of ether oxygens (including phenoxy) is 2. The number of nitrogens with zero attached hydrogens (tertiary/aromatic N) is 2. The van der Waals surface area contributed by atoms with Gasteiger partial charge < -0.3 is 14.0 Å². The van der Waals surface area contributed by atoms with Crippen LogP contribution < -0.4 is 4.74 Å². The fraction of sp³-hybridized carbons (Fsp3) is 0.278. The molecule has 0 fully saturated rings. The summed E-state index contributed by atoms with van der Waals surface area (Å²) in [5.41, 5.74) is 2.12. The summed E-state index contributed by atoms with van der Waals surface area (Å²) < 4.78 is 28.7. The van der Waals surface area contributed by atoms with Gasteiger partial charge in [0.25, 0.3) is 0 Å². The van der Waals surface area contributed by atoms with E-state index < -0.39 is 0 Å². The Hall–Kier alpha value is -2.74. The summed E-state index contributed by atoms with van der Waals surface area (Å²) in [5, 5.41) is 6.34. The first kappa shape index (κ1) is 18.1. The van der Waals surface area contributed by atoms with Crippen LogP contribution in [0.2, 0.25) is 0 Å². The quantitative estimate of drug-likeness (QED) is 0.585. The Labute approximate surface area is 153 Å². The molecule has 0 aliphatic rings. The van der Waals surface area contributed by atoms with Gasteiger partial charge in [-0.15, -0.1) is 11.3 Å². The van der Waals surface area contributed by atoms with Gasteiger partial charge in [-0.2, -0.15) is 0 Å². The Morgan fingerprint density at radius 1 is 1.23 bits per heavy atom. The van der Waals surface area contributed by atoms with Crippen LogP contribution in [0.3, 0.4) is 0 Å². The number of aryl methyl sites for hydroxylation is 2. The van der Waals surface area contributed by atoms with Crippen LogP contribution in [0.25, 0.3) is 0 Å². The molecule has 3 rings (SSSR count).